The zero-order chi connectivity index (χ0) is 14.6. The van der Waals surface area contributed by atoms with E-state index in [1.807, 2.05) is 37.3 Å². The number of aryl methyl sites for hydroxylation is 2. The Morgan fingerprint density at radius 2 is 2.16 bits per heavy atom. The third kappa shape index (κ3) is 3.94. The predicted octanol–water partition coefficient (Wildman–Crippen LogP) is 2.55. The highest BCUT2D eigenvalue weighted by molar-refractivity contribution is 6.31. The number of hydrogen-bond acceptors (Lipinski definition) is 3. The van der Waals surface area contributed by atoms with Crippen LogP contribution in [0.15, 0.2) is 0 Å². The van der Waals surface area contributed by atoms with E-state index in [1.54, 1.807) is 0 Å². The lowest BCUT2D eigenvalue weighted by Crippen LogP contribution is -2.37. The average molecular weight is 288 g/mol. The van der Waals surface area contributed by atoms with E-state index in [0.29, 0.717) is 11.6 Å². The second-order valence-corrected chi connectivity index (χ2v) is 5.10. The van der Waals surface area contributed by atoms with E-state index in [9.17, 15) is 4.79 Å². The highest BCUT2D eigenvalue weighted by Crippen LogP contribution is 2.22. The number of carboxylic acids is 1. The normalized spacial score (nSPS) is 12.9. The monoisotopic (exact) mass is 287 g/mol. The number of carbonyl (C=O) groups is 1. The topological polar surface area (TPSA) is 58.4 Å². The van der Waals surface area contributed by atoms with Gasteiger partial charge in [-0.25, -0.2) is 0 Å². The molecule has 6 heteroatoms. The highest BCUT2D eigenvalue weighted by atomic mass is 35.5. The zero-order valence-electron chi connectivity index (χ0n) is 12.0. The number of carboxylic acid groups (broad SMARTS) is 1. The van der Waals surface area contributed by atoms with Gasteiger partial charge in [0.15, 0.2) is 0 Å². The van der Waals surface area contributed by atoms with Gasteiger partial charge in [-0.3, -0.25) is 14.4 Å². The fraction of sp³-hybridized carbons (Fsp3) is 0.692. The molecule has 0 aliphatic heterocycles. The minimum atomic E-state index is -0.823. The Kier molecular flexibility index (Phi) is 5.82. The zero-order valence-corrected chi connectivity index (χ0v) is 12.7. The molecule has 0 saturated heterocycles. The fourth-order valence-corrected chi connectivity index (χ4v) is 2.21. The Morgan fingerprint density at radius 3 is 2.63 bits per heavy atom. The van der Waals surface area contributed by atoms with Gasteiger partial charge in [-0.1, -0.05) is 18.5 Å². The number of rotatable bonds is 7. The molecule has 0 aliphatic rings. The number of halogens is 1. The molecule has 1 N–H and O–H groups in total. The molecule has 5 nitrogen and oxygen atoms in total. The SMILES string of the molecule is CCC(C)N(CC(=O)O)Cc1c(Cl)c(C)nn1CC. The summed E-state index contributed by atoms with van der Waals surface area (Å²) in [5, 5.41) is 14.0. The van der Waals surface area contributed by atoms with Gasteiger partial charge < -0.3 is 5.11 Å². The lowest BCUT2D eigenvalue weighted by Gasteiger charge is -2.26. The lowest BCUT2D eigenvalue weighted by atomic mass is 10.2. The summed E-state index contributed by atoms with van der Waals surface area (Å²) in [5.74, 6) is -0.823. The minimum Gasteiger partial charge on any atom is -0.480 e. The summed E-state index contributed by atoms with van der Waals surface area (Å²) in [5.41, 5.74) is 1.68. The van der Waals surface area contributed by atoms with Crippen LogP contribution in [0.4, 0.5) is 0 Å². The Bertz CT molecular complexity index is 445. The lowest BCUT2D eigenvalue weighted by molar-refractivity contribution is -0.139. The van der Waals surface area contributed by atoms with Crippen LogP contribution >= 0.6 is 11.6 Å². The van der Waals surface area contributed by atoms with Gasteiger partial charge >= 0.3 is 5.97 Å². The first kappa shape index (κ1) is 16.0. The summed E-state index contributed by atoms with van der Waals surface area (Å²) >= 11 is 6.26. The van der Waals surface area contributed by atoms with Crippen molar-refractivity contribution in [3.63, 3.8) is 0 Å². The smallest absolute Gasteiger partial charge is 0.317 e. The molecule has 108 valence electrons. The first-order valence-electron chi connectivity index (χ1n) is 6.58. The van der Waals surface area contributed by atoms with Gasteiger partial charge in [0, 0.05) is 19.1 Å². The summed E-state index contributed by atoms with van der Waals surface area (Å²) in [7, 11) is 0. The standard InChI is InChI=1S/C13H22ClN3O2/c1-5-9(3)16(8-12(18)19)7-11-13(14)10(4)15-17(11)6-2/h9H,5-8H2,1-4H3,(H,18,19). The maximum absolute atomic E-state index is 11.0. The molecule has 1 aromatic heterocycles. The van der Waals surface area contributed by atoms with E-state index in [1.165, 1.54) is 0 Å². The second-order valence-electron chi connectivity index (χ2n) is 4.72. The van der Waals surface area contributed by atoms with E-state index in [4.69, 9.17) is 16.7 Å². The van der Waals surface area contributed by atoms with Crippen LogP contribution in [0.3, 0.4) is 0 Å². The molecule has 0 aromatic carbocycles. The average Bonchev–Trinajstić information content (AvgIpc) is 2.64. The van der Waals surface area contributed by atoms with Crippen LogP contribution in [-0.4, -0.2) is 38.3 Å². The van der Waals surface area contributed by atoms with Crippen molar-refractivity contribution < 1.29 is 9.90 Å². The molecule has 0 radical (unpaired) electrons. The molecular weight excluding hydrogens is 266 g/mol. The van der Waals surface area contributed by atoms with Crippen LogP contribution < -0.4 is 0 Å². The van der Waals surface area contributed by atoms with Gasteiger partial charge in [-0.15, -0.1) is 0 Å². The van der Waals surface area contributed by atoms with Gasteiger partial charge in [0.25, 0.3) is 0 Å². The van der Waals surface area contributed by atoms with E-state index >= 15 is 0 Å². The summed E-state index contributed by atoms with van der Waals surface area (Å²) in [6.07, 6.45) is 0.893. The Hall–Kier alpha value is -1.07. The molecule has 0 saturated carbocycles. The van der Waals surface area contributed by atoms with Gasteiger partial charge in [0.05, 0.1) is 23.0 Å². The Balaban J connectivity index is 2.98. The van der Waals surface area contributed by atoms with Gasteiger partial charge in [0.1, 0.15) is 0 Å². The maximum atomic E-state index is 11.0. The summed E-state index contributed by atoms with van der Waals surface area (Å²) in [6, 6.07) is 0.188. The number of aromatic nitrogens is 2. The molecule has 1 atom stereocenters. The summed E-state index contributed by atoms with van der Waals surface area (Å²) in [4.78, 5) is 12.9. The van der Waals surface area contributed by atoms with Crippen LogP contribution in [0.2, 0.25) is 5.02 Å². The molecule has 0 fully saturated rings. The van der Waals surface area contributed by atoms with Crippen molar-refractivity contribution in [2.24, 2.45) is 0 Å². The molecule has 0 amide bonds. The van der Waals surface area contributed by atoms with Gasteiger partial charge in [-0.05, 0) is 27.2 Å². The van der Waals surface area contributed by atoms with E-state index in [2.05, 4.69) is 5.10 Å². The van der Waals surface area contributed by atoms with Gasteiger partial charge in [0.2, 0.25) is 0 Å². The third-order valence-corrected chi connectivity index (χ3v) is 3.85. The second kappa shape index (κ2) is 6.91. The molecule has 0 aliphatic carbocycles. The quantitative estimate of drug-likeness (QED) is 0.837. The van der Waals surface area contributed by atoms with Crippen molar-refractivity contribution in [2.45, 2.75) is 53.2 Å². The van der Waals surface area contributed by atoms with Crippen molar-refractivity contribution in [3.05, 3.63) is 16.4 Å². The van der Waals surface area contributed by atoms with Crippen molar-refractivity contribution in [1.29, 1.82) is 0 Å². The highest BCUT2D eigenvalue weighted by Gasteiger charge is 2.21. The van der Waals surface area contributed by atoms with Crippen LogP contribution in [0.1, 0.15) is 38.6 Å². The largest absolute Gasteiger partial charge is 0.480 e. The van der Waals surface area contributed by atoms with E-state index in [0.717, 1.165) is 24.4 Å². The van der Waals surface area contributed by atoms with Crippen LogP contribution in [0.25, 0.3) is 0 Å². The molecular formula is C13H22ClN3O2. The van der Waals surface area contributed by atoms with Crippen molar-refractivity contribution in [3.8, 4) is 0 Å². The molecule has 1 heterocycles. The first-order chi connectivity index (χ1) is 8.90. The minimum absolute atomic E-state index is 0.0132. The van der Waals surface area contributed by atoms with Crippen LogP contribution in [-0.2, 0) is 17.9 Å². The number of nitrogens with zero attached hydrogens (tertiary/aromatic N) is 3. The Morgan fingerprint density at radius 1 is 1.53 bits per heavy atom. The first-order valence-corrected chi connectivity index (χ1v) is 6.96. The summed E-state index contributed by atoms with van der Waals surface area (Å²) in [6.45, 7) is 9.18. The number of aliphatic carboxylic acids is 1. The molecule has 0 spiro atoms. The molecule has 19 heavy (non-hydrogen) atoms. The fourth-order valence-electron chi connectivity index (χ4n) is 2.01. The molecule has 1 unspecified atom stereocenters. The van der Waals surface area contributed by atoms with Crippen molar-refractivity contribution in [2.75, 3.05) is 6.54 Å². The van der Waals surface area contributed by atoms with E-state index < -0.39 is 5.97 Å². The van der Waals surface area contributed by atoms with Crippen molar-refractivity contribution in [1.82, 2.24) is 14.7 Å². The number of hydrogen-bond donors (Lipinski definition) is 1. The van der Waals surface area contributed by atoms with E-state index in [-0.39, 0.29) is 12.6 Å². The Labute approximate surface area is 119 Å². The summed E-state index contributed by atoms with van der Waals surface area (Å²) < 4.78 is 1.84. The molecule has 1 rings (SSSR count). The van der Waals surface area contributed by atoms with Crippen LogP contribution in [0.5, 0.6) is 0 Å². The van der Waals surface area contributed by atoms with Crippen LogP contribution in [0, 0.1) is 6.92 Å². The molecule has 1 aromatic rings. The van der Waals surface area contributed by atoms with Crippen molar-refractivity contribution >= 4 is 17.6 Å². The molecule has 0 bridgehead atoms. The predicted molar refractivity (Wildman–Crippen MR) is 75.4 cm³/mol. The third-order valence-electron chi connectivity index (χ3n) is 3.36. The maximum Gasteiger partial charge on any atom is 0.317 e. The van der Waals surface area contributed by atoms with Gasteiger partial charge in [-0.2, -0.15) is 5.10 Å².